The van der Waals surface area contributed by atoms with Gasteiger partial charge in [-0.1, -0.05) is 48.0 Å². The van der Waals surface area contributed by atoms with Gasteiger partial charge in [-0.2, -0.15) is 5.10 Å². The average molecular weight is 552 g/mol. The lowest BCUT2D eigenvalue weighted by molar-refractivity contribution is -0.00805. The van der Waals surface area contributed by atoms with Gasteiger partial charge in [0.05, 0.1) is 19.3 Å². The number of halogens is 2. The minimum atomic E-state index is -0.00708. The highest BCUT2D eigenvalue weighted by molar-refractivity contribution is 14.0. The molecule has 1 saturated heterocycles. The van der Waals surface area contributed by atoms with Crippen molar-refractivity contribution in [3.8, 4) is 11.1 Å². The molecule has 2 aromatic carbocycles. The zero-order chi connectivity index (χ0) is 20.9. The number of hydrogen-bond acceptors (Lipinski definition) is 3. The third-order valence-electron chi connectivity index (χ3n) is 5.28. The molecule has 0 saturated carbocycles. The largest absolute Gasteiger partial charge is 0.370 e. The molecule has 4 rings (SSSR count). The van der Waals surface area contributed by atoms with Crippen LogP contribution in [0.25, 0.3) is 11.1 Å². The van der Waals surface area contributed by atoms with Crippen molar-refractivity contribution in [3.63, 3.8) is 0 Å². The number of hydrogen-bond donors (Lipinski definition) is 1. The fourth-order valence-corrected chi connectivity index (χ4v) is 3.87. The van der Waals surface area contributed by atoms with Crippen molar-refractivity contribution in [2.75, 3.05) is 26.7 Å². The molecule has 1 unspecified atom stereocenters. The maximum absolute atomic E-state index is 6.05. The molecule has 0 spiro atoms. The number of nitrogens with one attached hydrogen (secondary N) is 1. The van der Waals surface area contributed by atoms with Gasteiger partial charge < -0.3 is 15.0 Å². The number of ether oxygens (including phenoxy) is 1. The van der Waals surface area contributed by atoms with Crippen LogP contribution in [0.15, 0.2) is 65.9 Å². The predicted molar refractivity (Wildman–Crippen MR) is 136 cm³/mol. The van der Waals surface area contributed by atoms with E-state index >= 15 is 0 Å². The summed E-state index contributed by atoms with van der Waals surface area (Å²) < 4.78 is 7.77. The van der Waals surface area contributed by atoms with Gasteiger partial charge in [0.2, 0.25) is 0 Å². The Labute approximate surface area is 205 Å². The Morgan fingerprint density at radius 3 is 2.71 bits per heavy atom. The lowest BCUT2D eigenvalue weighted by atomic mass is 10.00. The van der Waals surface area contributed by atoms with E-state index in [-0.39, 0.29) is 30.1 Å². The fourth-order valence-electron chi connectivity index (χ4n) is 3.74. The first-order chi connectivity index (χ1) is 14.6. The molecule has 0 amide bonds. The summed E-state index contributed by atoms with van der Waals surface area (Å²) >= 11 is 6.05. The summed E-state index contributed by atoms with van der Waals surface area (Å²) in [6, 6.07) is 16.3. The van der Waals surface area contributed by atoms with Crippen LogP contribution in [0.2, 0.25) is 5.02 Å². The molecule has 2 heterocycles. The monoisotopic (exact) mass is 551 g/mol. The van der Waals surface area contributed by atoms with Crippen molar-refractivity contribution in [1.82, 2.24) is 20.0 Å². The smallest absolute Gasteiger partial charge is 0.194 e. The molecule has 0 bridgehead atoms. The molecule has 0 radical (unpaired) electrons. The van der Waals surface area contributed by atoms with Crippen molar-refractivity contribution in [1.29, 1.82) is 0 Å². The highest BCUT2D eigenvalue weighted by Crippen LogP contribution is 2.26. The van der Waals surface area contributed by atoms with E-state index in [9.17, 15) is 0 Å². The lowest BCUT2D eigenvalue weighted by Crippen LogP contribution is -2.47. The standard InChI is InChI=1S/C23H26ClN5O.HI/c1-25-23(29-11-12-30-22(16-29)19-14-27-28(2)15-19)26-13-18-5-3-4-6-21(18)17-7-9-20(24)10-8-17;/h3-10,14-15,22H,11-13,16H2,1-2H3,(H,25,26);1H. The summed E-state index contributed by atoms with van der Waals surface area (Å²) in [6.07, 6.45) is 3.87. The Hall–Kier alpha value is -2.10. The molecule has 3 aromatic rings. The molecule has 1 atom stereocenters. The molecular weight excluding hydrogens is 525 g/mol. The molecular formula is C23H27ClIN5O. The average Bonchev–Trinajstić information content (AvgIpc) is 3.22. The van der Waals surface area contributed by atoms with Crippen LogP contribution < -0.4 is 5.32 Å². The zero-order valence-electron chi connectivity index (χ0n) is 17.7. The van der Waals surface area contributed by atoms with E-state index in [1.807, 2.05) is 38.6 Å². The second kappa shape index (κ2) is 11.0. The third kappa shape index (κ3) is 5.78. The van der Waals surface area contributed by atoms with E-state index in [1.54, 1.807) is 4.68 Å². The molecule has 0 aliphatic carbocycles. The quantitative estimate of drug-likeness (QED) is 0.295. The van der Waals surface area contributed by atoms with Gasteiger partial charge in [0.15, 0.2) is 5.96 Å². The fraction of sp³-hybridized carbons (Fsp3) is 0.304. The van der Waals surface area contributed by atoms with Gasteiger partial charge in [-0.3, -0.25) is 9.67 Å². The maximum Gasteiger partial charge on any atom is 0.194 e. The van der Waals surface area contributed by atoms with Crippen LogP contribution >= 0.6 is 35.6 Å². The zero-order valence-corrected chi connectivity index (χ0v) is 20.7. The van der Waals surface area contributed by atoms with E-state index in [1.165, 1.54) is 11.1 Å². The Kier molecular flexibility index (Phi) is 8.34. The van der Waals surface area contributed by atoms with E-state index in [2.05, 4.69) is 56.7 Å². The summed E-state index contributed by atoms with van der Waals surface area (Å²) in [4.78, 5) is 6.75. The second-order valence-electron chi connectivity index (χ2n) is 7.32. The molecule has 6 nitrogen and oxygen atoms in total. The van der Waals surface area contributed by atoms with E-state index in [0.717, 1.165) is 35.2 Å². The lowest BCUT2D eigenvalue weighted by Gasteiger charge is -2.34. The number of nitrogens with zero attached hydrogens (tertiary/aromatic N) is 4. The first kappa shape index (κ1) is 23.6. The van der Waals surface area contributed by atoms with Crippen LogP contribution in [0.5, 0.6) is 0 Å². The normalized spacial score (nSPS) is 16.7. The minimum absolute atomic E-state index is 0. The van der Waals surface area contributed by atoms with Crippen molar-refractivity contribution < 1.29 is 4.74 Å². The van der Waals surface area contributed by atoms with E-state index in [4.69, 9.17) is 16.3 Å². The van der Waals surface area contributed by atoms with Gasteiger partial charge in [0.1, 0.15) is 6.10 Å². The van der Waals surface area contributed by atoms with Crippen molar-refractivity contribution >= 4 is 41.5 Å². The van der Waals surface area contributed by atoms with Gasteiger partial charge in [-0.05, 0) is 28.8 Å². The van der Waals surface area contributed by atoms with Gasteiger partial charge >= 0.3 is 0 Å². The van der Waals surface area contributed by atoms with Crippen molar-refractivity contribution in [3.05, 3.63) is 77.1 Å². The molecule has 8 heteroatoms. The molecule has 1 N–H and O–H groups in total. The number of aromatic nitrogens is 2. The number of aryl methyl sites for hydroxylation is 1. The Morgan fingerprint density at radius 1 is 1.23 bits per heavy atom. The van der Waals surface area contributed by atoms with Crippen LogP contribution in [-0.2, 0) is 18.3 Å². The van der Waals surface area contributed by atoms with Gasteiger partial charge in [-0.15, -0.1) is 24.0 Å². The molecule has 1 aromatic heterocycles. The highest BCUT2D eigenvalue weighted by atomic mass is 127. The van der Waals surface area contributed by atoms with E-state index < -0.39 is 0 Å². The van der Waals surface area contributed by atoms with Gasteiger partial charge in [0, 0.05) is 44.0 Å². The molecule has 31 heavy (non-hydrogen) atoms. The third-order valence-corrected chi connectivity index (χ3v) is 5.54. The number of aliphatic imine (C=N–C) groups is 1. The van der Waals surface area contributed by atoms with Crippen LogP contribution in [0.4, 0.5) is 0 Å². The Bertz CT molecular complexity index is 1020. The molecule has 164 valence electrons. The predicted octanol–water partition coefficient (Wildman–Crippen LogP) is 4.51. The van der Waals surface area contributed by atoms with Crippen LogP contribution in [0, 0.1) is 0 Å². The first-order valence-electron chi connectivity index (χ1n) is 10.0. The topological polar surface area (TPSA) is 54.7 Å². The summed E-state index contributed by atoms with van der Waals surface area (Å²) in [5, 5.41) is 8.53. The van der Waals surface area contributed by atoms with Gasteiger partial charge in [-0.25, -0.2) is 0 Å². The molecule has 1 aliphatic heterocycles. The van der Waals surface area contributed by atoms with Crippen LogP contribution in [0.3, 0.4) is 0 Å². The van der Waals surface area contributed by atoms with Crippen LogP contribution in [0.1, 0.15) is 17.2 Å². The Balaban J connectivity index is 0.00000272. The number of morpholine rings is 1. The number of rotatable bonds is 4. The number of benzene rings is 2. The number of guanidine groups is 1. The van der Waals surface area contributed by atoms with Crippen LogP contribution in [-0.4, -0.2) is 47.4 Å². The van der Waals surface area contributed by atoms with Gasteiger partial charge in [0.25, 0.3) is 0 Å². The van der Waals surface area contributed by atoms with E-state index in [0.29, 0.717) is 13.2 Å². The molecule has 1 fully saturated rings. The summed E-state index contributed by atoms with van der Waals surface area (Å²) in [7, 11) is 3.74. The summed E-state index contributed by atoms with van der Waals surface area (Å²) in [6.45, 7) is 2.88. The SMILES string of the molecule is CN=C(NCc1ccccc1-c1ccc(Cl)cc1)N1CCOC(c2cnn(C)c2)C1.I. The Morgan fingerprint density at radius 2 is 2.00 bits per heavy atom. The highest BCUT2D eigenvalue weighted by Gasteiger charge is 2.25. The van der Waals surface area contributed by atoms with Crippen molar-refractivity contribution in [2.24, 2.45) is 12.0 Å². The first-order valence-corrected chi connectivity index (χ1v) is 10.4. The molecule has 1 aliphatic rings. The summed E-state index contributed by atoms with van der Waals surface area (Å²) in [5.41, 5.74) is 4.63. The maximum atomic E-state index is 6.05. The minimum Gasteiger partial charge on any atom is -0.370 e. The summed E-state index contributed by atoms with van der Waals surface area (Å²) in [5.74, 6) is 0.873. The second-order valence-corrected chi connectivity index (χ2v) is 7.75. The van der Waals surface area contributed by atoms with Crippen molar-refractivity contribution in [2.45, 2.75) is 12.6 Å².